The summed E-state index contributed by atoms with van der Waals surface area (Å²) in [6, 6.07) is 3.63. The number of Topliss-reactive ketones (excluding diaryl/α,β-unsaturated/α-hetero) is 1. The van der Waals surface area contributed by atoms with Crippen LogP contribution in [-0.4, -0.2) is 10.4 Å². The van der Waals surface area contributed by atoms with Gasteiger partial charge in [0.2, 0.25) is 0 Å². The SMILES string of the molecule is Cc1cc(=O)n(C)c2c1C(=O)CC(c1ccsc1)C2. The smallest absolute Gasteiger partial charge is 0.250 e. The first kappa shape index (κ1) is 12.4. The van der Waals surface area contributed by atoms with E-state index in [0.29, 0.717) is 6.42 Å². The fourth-order valence-corrected chi connectivity index (χ4v) is 3.62. The van der Waals surface area contributed by atoms with Crippen molar-refractivity contribution >= 4 is 17.1 Å². The summed E-state index contributed by atoms with van der Waals surface area (Å²) in [6.07, 6.45) is 1.31. The van der Waals surface area contributed by atoms with Crippen molar-refractivity contribution in [3.8, 4) is 0 Å². The van der Waals surface area contributed by atoms with E-state index in [1.807, 2.05) is 12.3 Å². The van der Waals surface area contributed by atoms with Gasteiger partial charge in [-0.05, 0) is 47.2 Å². The van der Waals surface area contributed by atoms with E-state index in [2.05, 4.69) is 11.4 Å². The van der Waals surface area contributed by atoms with Gasteiger partial charge in [-0.25, -0.2) is 0 Å². The molecule has 1 unspecified atom stereocenters. The molecule has 0 spiro atoms. The van der Waals surface area contributed by atoms with Crippen LogP contribution in [0.5, 0.6) is 0 Å². The number of pyridine rings is 1. The number of ketones is 1. The van der Waals surface area contributed by atoms with Crippen LogP contribution in [0.3, 0.4) is 0 Å². The van der Waals surface area contributed by atoms with Crippen molar-refractivity contribution in [1.82, 2.24) is 4.57 Å². The summed E-state index contributed by atoms with van der Waals surface area (Å²) in [5, 5.41) is 4.13. The van der Waals surface area contributed by atoms with E-state index >= 15 is 0 Å². The number of rotatable bonds is 1. The van der Waals surface area contributed by atoms with Crippen molar-refractivity contribution < 1.29 is 4.79 Å². The molecule has 0 N–H and O–H groups in total. The minimum Gasteiger partial charge on any atom is -0.315 e. The lowest BCUT2D eigenvalue weighted by molar-refractivity contribution is 0.0961. The first-order chi connectivity index (χ1) is 9.08. The predicted octanol–water partition coefficient (Wildman–Crippen LogP) is 2.67. The quantitative estimate of drug-likeness (QED) is 0.801. The summed E-state index contributed by atoms with van der Waals surface area (Å²) in [5.41, 5.74) is 3.63. The Hall–Kier alpha value is -1.68. The van der Waals surface area contributed by atoms with Crippen molar-refractivity contribution in [3.05, 3.63) is 55.6 Å². The van der Waals surface area contributed by atoms with Gasteiger partial charge in [-0.3, -0.25) is 9.59 Å². The van der Waals surface area contributed by atoms with Gasteiger partial charge >= 0.3 is 0 Å². The Kier molecular flexibility index (Phi) is 2.90. The van der Waals surface area contributed by atoms with E-state index in [1.165, 1.54) is 5.56 Å². The molecular weight excluding hydrogens is 258 g/mol. The molecule has 19 heavy (non-hydrogen) atoms. The van der Waals surface area contributed by atoms with Gasteiger partial charge in [0.25, 0.3) is 5.56 Å². The summed E-state index contributed by atoms with van der Waals surface area (Å²) >= 11 is 1.65. The number of hydrogen-bond acceptors (Lipinski definition) is 3. The Labute approximate surface area is 115 Å². The van der Waals surface area contributed by atoms with Crippen molar-refractivity contribution in [2.75, 3.05) is 0 Å². The highest BCUT2D eigenvalue weighted by molar-refractivity contribution is 7.08. The number of aromatic nitrogens is 1. The third-order valence-corrected chi connectivity index (χ3v) is 4.62. The Morgan fingerprint density at radius 2 is 2.11 bits per heavy atom. The average Bonchev–Trinajstić information content (AvgIpc) is 2.88. The first-order valence-corrected chi connectivity index (χ1v) is 7.27. The van der Waals surface area contributed by atoms with Gasteiger partial charge in [0.05, 0.1) is 0 Å². The zero-order valence-corrected chi connectivity index (χ0v) is 11.8. The zero-order valence-electron chi connectivity index (χ0n) is 11.0. The highest BCUT2D eigenvalue weighted by Gasteiger charge is 2.29. The Morgan fingerprint density at radius 3 is 2.79 bits per heavy atom. The molecule has 0 saturated heterocycles. The first-order valence-electron chi connectivity index (χ1n) is 6.32. The number of fused-ring (bicyclic) bond motifs is 1. The molecular formula is C15H15NO2S. The second kappa shape index (κ2) is 4.46. The monoisotopic (exact) mass is 273 g/mol. The van der Waals surface area contributed by atoms with Gasteiger partial charge in [-0.15, -0.1) is 0 Å². The van der Waals surface area contributed by atoms with Crippen LogP contribution in [-0.2, 0) is 13.5 Å². The maximum Gasteiger partial charge on any atom is 0.250 e. The van der Waals surface area contributed by atoms with Crippen LogP contribution >= 0.6 is 11.3 Å². The molecule has 0 amide bonds. The van der Waals surface area contributed by atoms with Gasteiger partial charge in [-0.2, -0.15) is 11.3 Å². The number of thiophene rings is 1. The summed E-state index contributed by atoms with van der Waals surface area (Å²) in [6.45, 7) is 1.85. The van der Waals surface area contributed by atoms with Gasteiger partial charge in [-0.1, -0.05) is 0 Å². The molecule has 2 aromatic heterocycles. The number of carbonyl (C=O) groups is 1. The molecule has 1 aliphatic rings. The molecule has 3 rings (SSSR count). The van der Waals surface area contributed by atoms with Crippen LogP contribution in [0.1, 0.15) is 39.5 Å². The second-order valence-electron chi connectivity index (χ2n) is 5.13. The summed E-state index contributed by atoms with van der Waals surface area (Å²) < 4.78 is 1.62. The summed E-state index contributed by atoms with van der Waals surface area (Å²) in [4.78, 5) is 24.2. The largest absolute Gasteiger partial charge is 0.315 e. The third kappa shape index (κ3) is 1.96. The van der Waals surface area contributed by atoms with Gasteiger partial charge < -0.3 is 4.57 Å². The van der Waals surface area contributed by atoms with Crippen LogP contribution in [0.4, 0.5) is 0 Å². The highest BCUT2D eigenvalue weighted by Crippen LogP contribution is 2.33. The Bertz CT molecular complexity index is 698. The average molecular weight is 273 g/mol. The number of hydrogen-bond donors (Lipinski definition) is 0. The molecule has 0 aromatic carbocycles. The molecule has 0 fully saturated rings. The molecule has 98 valence electrons. The lowest BCUT2D eigenvalue weighted by Gasteiger charge is -2.26. The minimum absolute atomic E-state index is 0.0324. The summed E-state index contributed by atoms with van der Waals surface area (Å²) in [5.74, 6) is 0.365. The molecule has 2 heterocycles. The van der Waals surface area contributed by atoms with Crippen LogP contribution in [0, 0.1) is 6.92 Å². The van der Waals surface area contributed by atoms with Crippen LogP contribution in [0.2, 0.25) is 0 Å². The lowest BCUT2D eigenvalue weighted by atomic mass is 9.81. The fourth-order valence-electron chi connectivity index (χ4n) is 2.88. The van der Waals surface area contributed by atoms with Crippen LogP contribution < -0.4 is 5.56 Å². The molecule has 1 aliphatic carbocycles. The fraction of sp³-hybridized carbons (Fsp3) is 0.333. The standard InChI is InChI=1S/C15H15NO2S/c1-9-5-14(18)16(2)12-6-11(7-13(17)15(9)12)10-3-4-19-8-10/h3-5,8,11H,6-7H2,1-2H3. The molecule has 0 bridgehead atoms. The predicted molar refractivity (Wildman–Crippen MR) is 76.1 cm³/mol. The minimum atomic E-state index is -0.0324. The van der Waals surface area contributed by atoms with Crippen LogP contribution in [0.15, 0.2) is 27.7 Å². The van der Waals surface area contributed by atoms with Gasteiger partial charge in [0.1, 0.15) is 0 Å². The van der Waals surface area contributed by atoms with E-state index in [0.717, 1.165) is 23.2 Å². The summed E-state index contributed by atoms with van der Waals surface area (Å²) in [7, 11) is 1.75. The molecule has 0 aliphatic heterocycles. The van der Waals surface area contributed by atoms with E-state index in [4.69, 9.17) is 0 Å². The third-order valence-electron chi connectivity index (χ3n) is 3.92. The number of carbonyl (C=O) groups excluding carboxylic acids is 1. The van der Waals surface area contributed by atoms with Crippen LogP contribution in [0.25, 0.3) is 0 Å². The topological polar surface area (TPSA) is 39.1 Å². The molecule has 4 heteroatoms. The van der Waals surface area contributed by atoms with Gasteiger partial charge in [0, 0.05) is 30.8 Å². The van der Waals surface area contributed by atoms with Gasteiger partial charge in [0.15, 0.2) is 5.78 Å². The van der Waals surface area contributed by atoms with E-state index in [1.54, 1.807) is 29.0 Å². The van der Waals surface area contributed by atoms with E-state index < -0.39 is 0 Å². The number of aryl methyl sites for hydroxylation is 1. The molecule has 1 atom stereocenters. The molecule has 0 saturated carbocycles. The van der Waals surface area contributed by atoms with Crippen molar-refractivity contribution in [1.29, 1.82) is 0 Å². The van der Waals surface area contributed by atoms with Crippen molar-refractivity contribution in [2.24, 2.45) is 7.05 Å². The maximum atomic E-state index is 12.4. The Morgan fingerprint density at radius 1 is 1.32 bits per heavy atom. The van der Waals surface area contributed by atoms with Crippen molar-refractivity contribution in [3.63, 3.8) is 0 Å². The maximum absolute atomic E-state index is 12.4. The van der Waals surface area contributed by atoms with Crippen molar-refractivity contribution in [2.45, 2.75) is 25.7 Å². The highest BCUT2D eigenvalue weighted by atomic mass is 32.1. The second-order valence-corrected chi connectivity index (χ2v) is 5.91. The van der Waals surface area contributed by atoms with E-state index in [-0.39, 0.29) is 17.3 Å². The molecule has 0 radical (unpaired) electrons. The zero-order chi connectivity index (χ0) is 13.6. The molecule has 2 aromatic rings. The number of nitrogens with zero attached hydrogens (tertiary/aromatic N) is 1. The Balaban J connectivity index is 2.14. The normalized spacial score (nSPS) is 18.4. The van der Waals surface area contributed by atoms with E-state index in [9.17, 15) is 9.59 Å². The lowest BCUT2D eigenvalue weighted by Crippen LogP contribution is -2.29. The molecule has 3 nitrogen and oxygen atoms in total.